The molecule has 0 heterocycles. The van der Waals surface area contributed by atoms with Crippen molar-refractivity contribution in [2.24, 2.45) is 5.92 Å². The molecule has 0 aliphatic rings. The minimum Gasteiger partial charge on any atom is -0.462 e. The van der Waals surface area contributed by atoms with Gasteiger partial charge in [0.25, 0.3) is 0 Å². The van der Waals surface area contributed by atoms with Gasteiger partial charge in [0, 0.05) is 0 Å². The Kier molecular flexibility index (Phi) is 11.4. The molecule has 0 aliphatic carbocycles. The normalized spacial score (nSPS) is 11.8. The highest BCUT2D eigenvalue weighted by Crippen LogP contribution is 2.14. The number of ether oxygens (including phenoxy) is 2. The zero-order valence-electron chi connectivity index (χ0n) is 16.6. The fourth-order valence-corrected chi connectivity index (χ4v) is 2.55. The van der Waals surface area contributed by atoms with Crippen LogP contribution in [-0.4, -0.2) is 25.2 Å². The summed E-state index contributed by atoms with van der Waals surface area (Å²) >= 11 is 0. The van der Waals surface area contributed by atoms with Gasteiger partial charge in [0.15, 0.2) is 0 Å². The number of esters is 2. The fraction of sp³-hybridized carbons (Fsp3) is 0.636. The van der Waals surface area contributed by atoms with Gasteiger partial charge in [-0.1, -0.05) is 77.8 Å². The van der Waals surface area contributed by atoms with Crippen LogP contribution in [0.15, 0.2) is 24.3 Å². The topological polar surface area (TPSA) is 52.6 Å². The molecule has 0 aliphatic heterocycles. The van der Waals surface area contributed by atoms with Gasteiger partial charge in [0.2, 0.25) is 0 Å². The molecule has 4 heteroatoms. The third-order valence-corrected chi connectivity index (χ3v) is 4.54. The summed E-state index contributed by atoms with van der Waals surface area (Å²) in [5.41, 5.74) is 0.560. The first-order valence-corrected chi connectivity index (χ1v) is 10.0. The van der Waals surface area contributed by atoms with E-state index in [1.54, 1.807) is 24.3 Å². The maximum absolute atomic E-state index is 12.3. The highest BCUT2D eigenvalue weighted by Gasteiger charge is 2.19. The average Bonchev–Trinajstić information content (AvgIpc) is 2.67. The van der Waals surface area contributed by atoms with Crippen LogP contribution in [-0.2, 0) is 9.47 Å². The van der Waals surface area contributed by atoms with E-state index in [0.29, 0.717) is 19.1 Å². The summed E-state index contributed by atoms with van der Waals surface area (Å²) in [4.78, 5) is 24.6. The van der Waals surface area contributed by atoms with Gasteiger partial charge in [-0.05, 0) is 24.5 Å². The highest BCUT2D eigenvalue weighted by atomic mass is 16.5. The van der Waals surface area contributed by atoms with Crippen molar-refractivity contribution in [2.45, 2.75) is 72.1 Å². The molecule has 0 saturated heterocycles. The van der Waals surface area contributed by atoms with Crippen molar-refractivity contribution in [1.82, 2.24) is 0 Å². The standard InChI is InChI=1S/C22H34O4/c1-4-6-7-8-9-10-13-16-25-21(23)19-14-11-12-15-20(19)22(24)26-17-18(3)5-2/h11-12,14-15,18H,4-10,13,16-17H2,1-3H3. The summed E-state index contributed by atoms with van der Waals surface area (Å²) in [6.07, 6.45) is 9.10. The largest absolute Gasteiger partial charge is 0.462 e. The molecule has 4 nitrogen and oxygen atoms in total. The summed E-state index contributed by atoms with van der Waals surface area (Å²) in [6.45, 7) is 7.03. The van der Waals surface area contributed by atoms with Gasteiger partial charge in [-0.3, -0.25) is 0 Å². The molecule has 1 rings (SSSR count). The number of unbranched alkanes of at least 4 members (excludes halogenated alkanes) is 6. The van der Waals surface area contributed by atoms with Crippen LogP contribution in [0.5, 0.6) is 0 Å². The summed E-state index contributed by atoms with van der Waals surface area (Å²) in [5.74, 6) is -0.615. The molecule has 1 unspecified atom stereocenters. The van der Waals surface area contributed by atoms with Crippen molar-refractivity contribution in [1.29, 1.82) is 0 Å². The lowest BCUT2D eigenvalue weighted by atomic mass is 10.1. The van der Waals surface area contributed by atoms with Gasteiger partial charge >= 0.3 is 11.9 Å². The van der Waals surface area contributed by atoms with E-state index in [0.717, 1.165) is 19.3 Å². The van der Waals surface area contributed by atoms with Crippen LogP contribution >= 0.6 is 0 Å². The van der Waals surface area contributed by atoms with E-state index in [1.807, 2.05) is 13.8 Å². The molecule has 146 valence electrons. The Hall–Kier alpha value is -1.84. The maximum Gasteiger partial charge on any atom is 0.339 e. The van der Waals surface area contributed by atoms with E-state index < -0.39 is 11.9 Å². The SMILES string of the molecule is CCCCCCCCCOC(=O)c1ccccc1C(=O)OCC(C)CC. The zero-order chi connectivity index (χ0) is 19.2. The molecule has 0 bridgehead atoms. The fourth-order valence-electron chi connectivity index (χ4n) is 2.55. The first-order valence-electron chi connectivity index (χ1n) is 10.0. The van der Waals surface area contributed by atoms with Crippen LogP contribution in [0.3, 0.4) is 0 Å². The van der Waals surface area contributed by atoms with Crippen molar-refractivity contribution >= 4 is 11.9 Å². The number of hydrogen-bond donors (Lipinski definition) is 0. The molecule has 0 spiro atoms. The van der Waals surface area contributed by atoms with Gasteiger partial charge in [-0.25, -0.2) is 9.59 Å². The predicted octanol–water partition coefficient (Wildman–Crippen LogP) is 5.80. The predicted molar refractivity (Wildman–Crippen MR) is 104 cm³/mol. The first kappa shape index (κ1) is 22.2. The molecular formula is C22H34O4. The molecule has 1 aromatic carbocycles. The van der Waals surface area contributed by atoms with Crippen molar-refractivity contribution in [2.75, 3.05) is 13.2 Å². The van der Waals surface area contributed by atoms with Crippen molar-refractivity contribution < 1.29 is 19.1 Å². The van der Waals surface area contributed by atoms with Crippen molar-refractivity contribution in [3.05, 3.63) is 35.4 Å². The monoisotopic (exact) mass is 362 g/mol. The number of benzene rings is 1. The smallest absolute Gasteiger partial charge is 0.339 e. The molecule has 0 N–H and O–H groups in total. The Labute approximate surface area is 158 Å². The number of hydrogen-bond acceptors (Lipinski definition) is 4. The third-order valence-electron chi connectivity index (χ3n) is 4.54. The van der Waals surface area contributed by atoms with E-state index in [9.17, 15) is 9.59 Å². The Morgan fingerprint density at radius 2 is 1.38 bits per heavy atom. The van der Waals surface area contributed by atoms with E-state index in [4.69, 9.17) is 9.47 Å². The van der Waals surface area contributed by atoms with Crippen LogP contribution in [0.2, 0.25) is 0 Å². The number of carbonyl (C=O) groups is 2. The van der Waals surface area contributed by atoms with Crippen LogP contribution in [0.4, 0.5) is 0 Å². The van der Waals surface area contributed by atoms with E-state index >= 15 is 0 Å². The second-order valence-electron chi connectivity index (χ2n) is 6.91. The Morgan fingerprint density at radius 3 is 1.96 bits per heavy atom. The molecule has 0 aromatic heterocycles. The summed E-state index contributed by atoms with van der Waals surface area (Å²) in [5, 5.41) is 0. The zero-order valence-corrected chi connectivity index (χ0v) is 16.6. The van der Waals surface area contributed by atoms with Crippen LogP contribution in [0, 0.1) is 5.92 Å². The van der Waals surface area contributed by atoms with E-state index in [2.05, 4.69) is 6.92 Å². The quantitative estimate of drug-likeness (QED) is 0.329. The minimum absolute atomic E-state index is 0.278. The molecule has 0 fully saturated rings. The molecule has 1 aromatic rings. The lowest BCUT2D eigenvalue weighted by molar-refractivity contribution is 0.0419. The highest BCUT2D eigenvalue weighted by molar-refractivity contribution is 6.03. The molecule has 0 saturated carbocycles. The van der Waals surface area contributed by atoms with Crippen molar-refractivity contribution in [3.8, 4) is 0 Å². The van der Waals surface area contributed by atoms with Gasteiger partial charge in [-0.2, -0.15) is 0 Å². The molecule has 1 atom stereocenters. The van der Waals surface area contributed by atoms with Crippen LogP contribution < -0.4 is 0 Å². The minimum atomic E-state index is -0.464. The molecule has 0 radical (unpaired) electrons. The maximum atomic E-state index is 12.3. The average molecular weight is 363 g/mol. The van der Waals surface area contributed by atoms with E-state index in [-0.39, 0.29) is 11.1 Å². The molecular weight excluding hydrogens is 328 g/mol. The van der Waals surface area contributed by atoms with Gasteiger partial charge < -0.3 is 9.47 Å². The summed E-state index contributed by atoms with van der Waals surface area (Å²) < 4.78 is 10.7. The van der Waals surface area contributed by atoms with Crippen LogP contribution in [0.25, 0.3) is 0 Å². The first-order chi connectivity index (χ1) is 12.6. The third kappa shape index (κ3) is 8.50. The van der Waals surface area contributed by atoms with Gasteiger partial charge in [-0.15, -0.1) is 0 Å². The second-order valence-corrected chi connectivity index (χ2v) is 6.91. The second kappa shape index (κ2) is 13.4. The Morgan fingerprint density at radius 1 is 0.846 bits per heavy atom. The van der Waals surface area contributed by atoms with Crippen LogP contribution in [0.1, 0.15) is 92.9 Å². The lowest BCUT2D eigenvalue weighted by Crippen LogP contribution is -2.16. The van der Waals surface area contributed by atoms with Crippen molar-refractivity contribution in [3.63, 3.8) is 0 Å². The van der Waals surface area contributed by atoms with E-state index in [1.165, 1.54) is 32.1 Å². The Bertz CT molecular complexity index is 539. The number of carbonyl (C=O) groups excluding carboxylic acids is 2. The summed E-state index contributed by atoms with van der Waals surface area (Å²) in [6, 6.07) is 6.69. The number of rotatable bonds is 13. The Balaban J connectivity index is 2.43. The lowest BCUT2D eigenvalue weighted by Gasteiger charge is -2.12. The molecule has 26 heavy (non-hydrogen) atoms. The van der Waals surface area contributed by atoms with Gasteiger partial charge in [0.05, 0.1) is 24.3 Å². The molecule has 0 amide bonds. The van der Waals surface area contributed by atoms with Gasteiger partial charge in [0.1, 0.15) is 0 Å². The summed E-state index contributed by atoms with van der Waals surface area (Å²) in [7, 11) is 0.